The van der Waals surface area contributed by atoms with Gasteiger partial charge in [-0.3, -0.25) is 4.79 Å². The van der Waals surface area contributed by atoms with Crippen molar-refractivity contribution in [1.82, 2.24) is 4.57 Å². The lowest BCUT2D eigenvalue weighted by Crippen LogP contribution is -2.32. The van der Waals surface area contributed by atoms with Crippen LogP contribution in [0.15, 0.2) is 30.5 Å². The number of aromatic nitrogens is 1. The highest BCUT2D eigenvalue weighted by atomic mass is 16.4. The molecule has 0 aliphatic carbocycles. The molecule has 4 heteroatoms. The summed E-state index contributed by atoms with van der Waals surface area (Å²) in [6, 6.07) is 7.27. The monoisotopic (exact) mass is 274 g/mol. The highest BCUT2D eigenvalue weighted by Gasteiger charge is 2.16. The van der Waals surface area contributed by atoms with Crippen LogP contribution in [0.25, 0.3) is 10.9 Å². The Labute approximate surface area is 119 Å². The predicted molar refractivity (Wildman–Crippen MR) is 80.8 cm³/mol. The standard InChI is InChI=1S/C16H22N2O2/c1-2-3-6-9-18-11-12(10-14(17)16(19)20)13-7-4-5-8-15(13)18/h4-5,7-8,11,14H,2-3,6,9-10,17H2,1H3,(H,19,20)/t14-/m0/s1. The van der Waals surface area contributed by atoms with Crippen LogP contribution < -0.4 is 5.73 Å². The summed E-state index contributed by atoms with van der Waals surface area (Å²) in [5, 5.41) is 10.1. The molecule has 0 bridgehead atoms. The summed E-state index contributed by atoms with van der Waals surface area (Å²) >= 11 is 0. The predicted octanol–water partition coefficient (Wildman–Crippen LogP) is 2.79. The van der Waals surface area contributed by atoms with Crippen LogP contribution in [0.3, 0.4) is 0 Å². The SMILES string of the molecule is CCCCCn1cc(C[C@H](N)C(=O)O)c2ccccc21. The van der Waals surface area contributed by atoms with Gasteiger partial charge in [0.05, 0.1) is 0 Å². The maximum Gasteiger partial charge on any atom is 0.320 e. The third-order valence-electron chi connectivity index (χ3n) is 3.63. The highest BCUT2D eigenvalue weighted by Crippen LogP contribution is 2.23. The number of nitrogens with two attached hydrogens (primary N) is 1. The van der Waals surface area contributed by atoms with Crippen LogP contribution >= 0.6 is 0 Å². The normalized spacial score (nSPS) is 12.7. The number of para-hydroxylation sites is 1. The first-order valence-corrected chi connectivity index (χ1v) is 7.18. The summed E-state index contributed by atoms with van der Waals surface area (Å²) in [5.41, 5.74) is 7.85. The lowest BCUT2D eigenvalue weighted by atomic mass is 10.1. The first kappa shape index (κ1) is 14.6. The van der Waals surface area contributed by atoms with E-state index in [1.54, 1.807) is 0 Å². The van der Waals surface area contributed by atoms with Crippen LogP contribution in [0, 0.1) is 0 Å². The lowest BCUT2D eigenvalue weighted by molar-refractivity contribution is -0.138. The number of hydrogen-bond acceptors (Lipinski definition) is 2. The molecule has 0 amide bonds. The molecule has 1 aromatic heterocycles. The van der Waals surface area contributed by atoms with Gasteiger partial charge in [-0.2, -0.15) is 0 Å². The number of carboxylic acids is 1. The molecule has 1 aromatic carbocycles. The minimum absolute atomic E-state index is 0.372. The van der Waals surface area contributed by atoms with Crippen LogP contribution in [0.5, 0.6) is 0 Å². The van der Waals surface area contributed by atoms with Gasteiger partial charge in [0.25, 0.3) is 0 Å². The Kier molecular flexibility index (Phi) is 4.79. The van der Waals surface area contributed by atoms with Crippen molar-refractivity contribution < 1.29 is 9.90 Å². The van der Waals surface area contributed by atoms with Gasteiger partial charge in [-0.1, -0.05) is 38.0 Å². The van der Waals surface area contributed by atoms with Crippen molar-refractivity contribution in [3.05, 3.63) is 36.0 Å². The molecule has 108 valence electrons. The number of hydrogen-bond donors (Lipinski definition) is 2. The van der Waals surface area contributed by atoms with Crippen LogP contribution in [0.4, 0.5) is 0 Å². The van der Waals surface area contributed by atoms with Gasteiger partial charge in [0.2, 0.25) is 0 Å². The van der Waals surface area contributed by atoms with Crippen molar-refractivity contribution in [3.63, 3.8) is 0 Å². The number of carboxylic acid groups (broad SMARTS) is 1. The number of aliphatic carboxylic acids is 1. The number of nitrogens with zero attached hydrogens (tertiary/aromatic N) is 1. The zero-order valence-corrected chi connectivity index (χ0v) is 11.9. The summed E-state index contributed by atoms with van der Waals surface area (Å²) < 4.78 is 2.22. The molecule has 3 N–H and O–H groups in total. The molecule has 0 fully saturated rings. The molecular weight excluding hydrogens is 252 g/mol. The third-order valence-corrected chi connectivity index (χ3v) is 3.63. The second-order valence-electron chi connectivity index (χ2n) is 5.22. The lowest BCUT2D eigenvalue weighted by Gasteiger charge is -2.04. The van der Waals surface area contributed by atoms with E-state index in [9.17, 15) is 4.79 Å². The van der Waals surface area contributed by atoms with E-state index in [0.29, 0.717) is 6.42 Å². The molecule has 20 heavy (non-hydrogen) atoms. The van der Waals surface area contributed by atoms with Gasteiger partial charge in [-0.05, 0) is 18.1 Å². The van der Waals surface area contributed by atoms with Crippen molar-refractivity contribution in [3.8, 4) is 0 Å². The molecule has 0 radical (unpaired) electrons. The van der Waals surface area contributed by atoms with E-state index < -0.39 is 12.0 Å². The van der Waals surface area contributed by atoms with E-state index in [2.05, 4.69) is 23.8 Å². The van der Waals surface area contributed by atoms with Crippen molar-refractivity contribution in [2.75, 3.05) is 0 Å². The molecule has 0 unspecified atom stereocenters. The Morgan fingerprint density at radius 1 is 1.35 bits per heavy atom. The molecule has 0 aliphatic heterocycles. The Balaban J connectivity index is 2.28. The quantitative estimate of drug-likeness (QED) is 0.763. The van der Waals surface area contributed by atoms with E-state index in [-0.39, 0.29) is 0 Å². The van der Waals surface area contributed by atoms with Crippen LogP contribution in [0.2, 0.25) is 0 Å². The minimum Gasteiger partial charge on any atom is -0.480 e. The fourth-order valence-electron chi connectivity index (χ4n) is 2.53. The maximum atomic E-state index is 10.9. The fraction of sp³-hybridized carbons (Fsp3) is 0.438. The van der Waals surface area contributed by atoms with Gasteiger partial charge in [0.15, 0.2) is 0 Å². The van der Waals surface area contributed by atoms with Gasteiger partial charge < -0.3 is 15.4 Å². The second-order valence-corrected chi connectivity index (χ2v) is 5.22. The molecule has 0 saturated heterocycles. The van der Waals surface area contributed by atoms with Crippen molar-refractivity contribution >= 4 is 16.9 Å². The molecule has 0 spiro atoms. The van der Waals surface area contributed by atoms with Crippen LogP contribution in [-0.2, 0) is 17.8 Å². The zero-order valence-electron chi connectivity index (χ0n) is 11.9. The average molecular weight is 274 g/mol. The van der Waals surface area contributed by atoms with E-state index in [1.807, 2.05) is 18.2 Å². The van der Waals surface area contributed by atoms with Crippen LogP contribution in [0.1, 0.15) is 31.7 Å². The molecule has 1 heterocycles. The highest BCUT2D eigenvalue weighted by molar-refractivity contribution is 5.85. The Hall–Kier alpha value is -1.81. The number of carbonyl (C=O) groups is 1. The first-order chi connectivity index (χ1) is 9.63. The second kappa shape index (κ2) is 6.57. The van der Waals surface area contributed by atoms with E-state index in [0.717, 1.165) is 29.4 Å². The molecule has 0 saturated carbocycles. The average Bonchev–Trinajstić information content (AvgIpc) is 2.78. The number of aryl methyl sites for hydroxylation is 1. The molecule has 4 nitrogen and oxygen atoms in total. The summed E-state index contributed by atoms with van der Waals surface area (Å²) in [7, 11) is 0. The Bertz CT molecular complexity index is 589. The Morgan fingerprint density at radius 2 is 2.10 bits per heavy atom. The number of rotatable bonds is 7. The summed E-state index contributed by atoms with van der Waals surface area (Å²) in [6.45, 7) is 3.15. The first-order valence-electron chi connectivity index (χ1n) is 7.18. The van der Waals surface area contributed by atoms with Crippen molar-refractivity contribution in [2.24, 2.45) is 5.73 Å². The van der Waals surface area contributed by atoms with Gasteiger partial charge in [-0.15, -0.1) is 0 Å². The maximum absolute atomic E-state index is 10.9. The molecule has 1 atom stereocenters. The van der Waals surface area contributed by atoms with E-state index in [4.69, 9.17) is 10.8 Å². The van der Waals surface area contributed by atoms with Crippen LogP contribution in [-0.4, -0.2) is 21.7 Å². The van der Waals surface area contributed by atoms with E-state index >= 15 is 0 Å². The number of fused-ring (bicyclic) bond motifs is 1. The van der Waals surface area contributed by atoms with Gasteiger partial charge in [0.1, 0.15) is 6.04 Å². The van der Waals surface area contributed by atoms with Crippen molar-refractivity contribution in [1.29, 1.82) is 0 Å². The largest absolute Gasteiger partial charge is 0.480 e. The zero-order chi connectivity index (χ0) is 14.5. The van der Waals surface area contributed by atoms with Gasteiger partial charge in [0, 0.05) is 30.1 Å². The molecule has 0 aliphatic rings. The van der Waals surface area contributed by atoms with E-state index in [1.165, 1.54) is 12.8 Å². The number of benzene rings is 1. The minimum atomic E-state index is -0.951. The fourth-order valence-corrected chi connectivity index (χ4v) is 2.53. The molecule has 2 aromatic rings. The van der Waals surface area contributed by atoms with Gasteiger partial charge >= 0.3 is 5.97 Å². The molecular formula is C16H22N2O2. The smallest absolute Gasteiger partial charge is 0.320 e. The third kappa shape index (κ3) is 3.20. The Morgan fingerprint density at radius 3 is 2.80 bits per heavy atom. The topological polar surface area (TPSA) is 68.2 Å². The summed E-state index contributed by atoms with van der Waals surface area (Å²) in [5.74, 6) is -0.951. The van der Waals surface area contributed by atoms with Crippen molar-refractivity contribution in [2.45, 2.75) is 45.2 Å². The summed E-state index contributed by atoms with van der Waals surface area (Å²) in [6.07, 6.45) is 5.96. The van der Waals surface area contributed by atoms with Gasteiger partial charge in [-0.25, -0.2) is 0 Å². The summed E-state index contributed by atoms with van der Waals surface area (Å²) in [4.78, 5) is 10.9. The molecule has 2 rings (SSSR count). The number of unbranched alkanes of at least 4 members (excludes halogenated alkanes) is 2.